The number of carbonyl (C=O) groups is 1. The van der Waals surface area contributed by atoms with Gasteiger partial charge in [-0.25, -0.2) is 17.6 Å². The molecule has 6 nitrogen and oxygen atoms in total. The summed E-state index contributed by atoms with van der Waals surface area (Å²) in [5, 5.41) is 0. The highest BCUT2D eigenvalue weighted by atomic mass is 19.3. The van der Waals surface area contributed by atoms with Gasteiger partial charge in [0.05, 0.1) is 20.3 Å². The number of hydrogen-bond donors (Lipinski definition) is 0. The maximum atomic E-state index is 14.6. The van der Waals surface area contributed by atoms with Gasteiger partial charge in [0.15, 0.2) is 23.1 Å². The Morgan fingerprint density at radius 1 is 1.17 bits per heavy atom. The molecular weight excluding hydrogens is 470 g/mol. The fourth-order valence-electron chi connectivity index (χ4n) is 5.09. The highest BCUT2D eigenvalue weighted by Crippen LogP contribution is 2.45. The summed E-state index contributed by atoms with van der Waals surface area (Å²) in [7, 11) is 1.43. The lowest BCUT2D eigenvalue weighted by atomic mass is 9.81. The van der Waals surface area contributed by atoms with Gasteiger partial charge in [-0.2, -0.15) is 0 Å². The van der Waals surface area contributed by atoms with Gasteiger partial charge in [0.2, 0.25) is 5.92 Å². The number of likely N-dealkylation sites (tertiary alicyclic amines) is 1. The van der Waals surface area contributed by atoms with Gasteiger partial charge in [-0.05, 0) is 24.3 Å². The standard InChI is InChI=1S/C25H25F4NO5/c1-32-20-9-16(5-6-19(20)33-13-15-10-24(28,29)11-15)23(31)30-8-7-25(21(12-30)34-14-35-25)17-3-2-4-18(26)22(17)27/h2-6,9,15,21H,7-8,10-14H2,1H3/t21-,25-/m1/s1. The van der Waals surface area contributed by atoms with Crippen LogP contribution in [0.5, 0.6) is 11.5 Å². The first-order chi connectivity index (χ1) is 16.7. The minimum Gasteiger partial charge on any atom is -0.493 e. The van der Waals surface area contributed by atoms with E-state index in [1.165, 1.54) is 25.3 Å². The van der Waals surface area contributed by atoms with E-state index in [1.807, 2.05) is 0 Å². The van der Waals surface area contributed by atoms with Crippen LogP contribution in [0.15, 0.2) is 36.4 Å². The predicted molar refractivity (Wildman–Crippen MR) is 116 cm³/mol. The number of benzene rings is 2. The molecule has 2 atom stereocenters. The van der Waals surface area contributed by atoms with Crippen LogP contribution in [-0.4, -0.2) is 56.4 Å². The number of rotatable bonds is 6. The lowest BCUT2D eigenvalue weighted by Crippen LogP contribution is -2.54. The number of alkyl halides is 2. The van der Waals surface area contributed by atoms with E-state index in [2.05, 4.69) is 0 Å². The molecule has 0 bridgehead atoms. The Bertz CT molecular complexity index is 1120. The van der Waals surface area contributed by atoms with Crippen molar-refractivity contribution in [2.75, 3.05) is 33.6 Å². The summed E-state index contributed by atoms with van der Waals surface area (Å²) in [6.45, 7) is 0.425. The number of piperidine rings is 1. The summed E-state index contributed by atoms with van der Waals surface area (Å²) in [5.41, 5.74) is -0.747. The zero-order valence-corrected chi connectivity index (χ0v) is 19.1. The van der Waals surface area contributed by atoms with Crippen molar-refractivity contribution < 1.29 is 41.3 Å². The molecule has 1 aliphatic carbocycles. The van der Waals surface area contributed by atoms with Crippen molar-refractivity contribution >= 4 is 5.91 Å². The number of fused-ring (bicyclic) bond motifs is 1. The first-order valence-electron chi connectivity index (χ1n) is 11.4. The van der Waals surface area contributed by atoms with E-state index in [0.29, 0.717) is 17.1 Å². The van der Waals surface area contributed by atoms with Crippen molar-refractivity contribution in [3.05, 3.63) is 59.2 Å². The van der Waals surface area contributed by atoms with Gasteiger partial charge in [-0.3, -0.25) is 4.79 Å². The molecule has 0 N–H and O–H groups in total. The molecule has 3 aliphatic rings. The summed E-state index contributed by atoms with van der Waals surface area (Å²) in [6.07, 6.45) is -0.834. The monoisotopic (exact) mass is 495 g/mol. The van der Waals surface area contributed by atoms with Crippen LogP contribution in [-0.2, 0) is 15.1 Å². The molecule has 2 aromatic carbocycles. The van der Waals surface area contributed by atoms with E-state index in [4.69, 9.17) is 18.9 Å². The summed E-state index contributed by atoms with van der Waals surface area (Å²) in [4.78, 5) is 14.8. The van der Waals surface area contributed by atoms with Gasteiger partial charge in [0.25, 0.3) is 5.91 Å². The van der Waals surface area contributed by atoms with Crippen LogP contribution in [0.1, 0.15) is 35.2 Å². The Balaban J connectivity index is 1.28. The van der Waals surface area contributed by atoms with E-state index < -0.39 is 29.3 Å². The second kappa shape index (κ2) is 8.98. The third-order valence-electron chi connectivity index (χ3n) is 7.00. The van der Waals surface area contributed by atoms with Gasteiger partial charge in [0, 0.05) is 42.9 Å². The summed E-state index contributed by atoms with van der Waals surface area (Å²) < 4.78 is 77.0. The lowest BCUT2D eigenvalue weighted by Gasteiger charge is -2.42. The van der Waals surface area contributed by atoms with Crippen LogP contribution in [0.25, 0.3) is 0 Å². The van der Waals surface area contributed by atoms with Gasteiger partial charge < -0.3 is 23.8 Å². The third-order valence-corrected chi connectivity index (χ3v) is 7.00. The normalized spacial score (nSPS) is 25.6. The van der Waals surface area contributed by atoms with Gasteiger partial charge in [-0.1, -0.05) is 12.1 Å². The van der Waals surface area contributed by atoms with Crippen LogP contribution in [0.4, 0.5) is 17.6 Å². The Hall–Kier alpha value is -2.85. The number of ether oxygens (including phenoxy) is 4. The van der Waals surface area contributed by atoms with Crippen LogP contribution >= 0.6 is 0 Å². The molecule has 3 fully saturated rings. The smallest absolute Gasteiger partial charge is 0.254 e. The SMILES string of the molecule is COc1cc(C(=O)N2CC[C@]3(c4cccc(F)c4F)OCO[C@@H]3C2)ccc1OCC1CC(F)(F)C1. The fourth-order valence-corrected chi connectivity index (χ4v) is 5.09. The maximum Gasteiger partial charge on any atom is 0.254 e. The minimum atomic E-state index is -2.62. The Labute approximate surface area is 199 Å². The summed E-state index contributed by atoms with van der Waals surface area (Å²) >= 11 is 0. The Kier molecular flexibility index (Phi) is 6.13. The molecule has 35 heavy (non-hydrogen) atoms. The lowest BCUT2D eigenvalue weighted by molar-refractivity contribution is -0.119. The molecule has 10 heteroatoms. The molecule has 1 saturated carbocycles. The molecule has 0 unspecified atom stereocenters. The van der Waals surface area contributed by atoms with Crippen LogP contribution < -0.4 is 9.47 Å². The molecule has 0 radical (unpaired) electrons. The molecule has 1 amide bonds. The summed E-state index contributed by atoms with van der Waals surface area (Å²) in [5.74, 6) is -4.39. The first-order valence-corrected chi connectivity index (χ1v) is 11.4. The largest absolute Gasteiger partial charge is 0.493 e. The second-order valence-corrected chi connectivity index (χ2v) is 9.22. The number of amides is 1. The number of hydrogen-bond acceptors (Lipinski definition) is 5. The second-order valence-electron chi connectivity index (χ2n) is 9.22. The third kappa shape index (κ3) is 4.33. The molecule has 0 spiro atoms. The van der Waals surface area contributed by atoms with E-state index in [9.17, 15) is 22.4 Å². The maximum absolute atomic E-state index is 14.6. The van der Waals surface area contributed by atoms with Crippen molar-refractivity contribution in [2.24, 2.45) is 5.92 Å². The van der Waals surface area contributed by atoms with Crippen LogP contribution in [0.3, 0.4) is 0 Å². The predicted octanol–water partition coefficient (Wildman–Crippen LogP) is 4.51. The van der Waals surface area contributed by atoms with Crippen LogP contribution in [0, 0.1) is 17.6 Å². The number of methoxy groups -OCH3 is 1. The minimum absolute atomic E-state index is 0.0829. The van der Waals surface area contributed by atoms with Crippen molar-refractivity contribution in [3.8, 4) is 11.5 Å². The Morgan fingerprint density at radius 3 is 2.71 bits per heavy atom. The number of halogens is 4. The molecule has 2 saturated heterocycles. The number of carbonyl (C=O) groups excluding carboxylic acids is 1. The van der Waals surface area contributed by atoms with Crippen molar-refractivity contribution in [2.45, 2.75) is 36.9 Å². The van der Waals surface area contributed by atoms with Gasteiger partial charge >= 0.3 is 0 Å². The topological polar surface area (TPSA) is 57.2 Å². The van der Waals surface area contributed by atoms with Crippen molar-refractivity contribution in [3.63, 3.8) is 0 Å². The zero-order valence-electron chi connectivity index (χ0n) is 19.1. The van der Waals surface area contributed by atoms with Crippen molar-refractivity contribution in [1.29, 1.82) is 0 Å². The Morgan fingerprint density at radius 2 is 1.97 bits per heavy atom. The molecule has 188 valence electrons. The molecule has 0 aromatic heterocycles. The van der Waals surface area contributed by atoms with Gasteiger partial charge in [-0.15, -0.1) is 0 Å². The molecular formula is C25H25F4NO5. The first kappa shape index (κ1) is 23.9. The highest BCUT2D eigenvalue weighted by molar-refractivity contribution is 5.95. The van der Waals surface area contributed by atoms with E-state index in [-0.39, 0.29) is 63.1 Å². The number of nitrogens with zero attached hydrogens (tertiary/aromatic N) is 1. The van der Waals surface area contributed by atoms with E-state index >= 15 is 0 Å². The zero-order chi connectivity index (χ0) is 24.8. The average molecular weight is 495 g/mol. The highest BCUT2D eigenvalue weighted by Gasteiger charge is 2.52. The van der Waals surface area contributed by atoms with E-state index in [1.54, 1.807) is 17.0 Å². The molecule has 2 heterocycles. The quantitative estimate of drug-likeness (QED) is 0.552. The molecule has 5 rings (SSSR count). The van der Waals surface area contributed by atoms with Crippen LogP contribution in [0.2, 0.25) is 0 Å². The molecule has 2 aliphatic heterocycles. The fraction of sp³-hybridized carbons (Fsp3) is 0.480. The average Bonchev–Trinajstić information content (AvgIpc) is 3.26. The van der Waals surface area contributed by atoms with E-state index in [0.717, 1.165) is 6.07 Å². The van der Waals surface area contributed by atoms with Crippen molar-refractivity contribution in [1.82, 2.24) is 4.90 Å². The molecule has 2 aromatic rings. The van der Waals surface area contributed by atoms with Gasteiger partial charge in [0.1, 0.15) is 18.5 Å². The summed E-state index contributed by atoms with van der Waals surface area (Å²) in [6, 6.07) is 8.63.